The van der Waals surface area contributed by atoms with Gasteiger partial charge in [-0.3, -0.25) is 9.59 Å². The normalized spacial score (nSPS) is 10.1. The summed E-state index contributed by atoms with van der Waals surface area (Å²) in [6.45, 7) is 4.53. The minimum absolute atomic E-state index is 0.0177. The van der Waals surface area contributed by atoms with Crippen LogP contribution in [0.25, 0.3) is 0 Å². The first-order valence-corrected chi connectivity index (χ1v) is 5.52. The lowest BCUT2D eigenvalue weighted by atomic mass is 10.5. The predicted octanol–water partition coefficient (Wildman–Crippen LogP) is 0.262. The zero-order valence-corrected chi connectivity index (χ0v) is 10.3. The molecule has 0 aliphatic carbocycles. The highest BCUT2D eigenvalue weighted by molar-refractivity contribution is 5.75. The number of hydrogen-bond donors (Lipinski definition) is 0. The van der Waals surface area contributed by atoms with Crippen LogP contribution in [-0.2, 0) is 16.1 Å². The van der Waals surface area contributed by atoms with E-state index < -0.39 is 0 Å². The summed E-state index contributed by atoms with van der Waals surface area (Å²) in [5, 5.41) is 0. The minimum atomic E-state index is -0.372. The van der Waals surface area contributed by atoms with Gasteiger partial charge in [0.15, 0.2) is 5.82 Å². The van der Waals surface area contributed by atoms with Crippen LogP contribution in [0.3, 0.4) is 0 Å². The third-order valence-corrected chi connectivity index (χ3v) is 2.27. The molecule has 0 aliphatic rings. The summed E-state index contributed by atoms with van der Waals surface area (Å²) in [7, 11) is 1.64. The fraction of sp³-hybridized carbons (Fsp3) is 0.545. The van der Waals surface area contributed by atoms with E-state index in [-0.39, 0.29) is 23.9 Å². The summed E-state index contributed by atoms with van der Waals surface area (Å²) in [4.78, 5) is 28.7. The summed E-state index contributed by atoms with van der Waals surface area (Å²) >= 11 is 0. The number of likely N-dealkylation sites (N-methyl/N-ethyl adjacent to an activating group) is 1. The standard InChI is InChI=1S/C11H17N3O3/c1-4-14-7-6-12-10(11(14)16)13(3)8-9(15)17-5-2/h6-7H,4-5,8H2,1-3H3. The molecule has 0 saturated heterocycles. The van der Waals surface area contributed by atoms with Crippen LogP contribution >= 0.6 is 0 Å². The molecule has 0 radical (unpaired) electrons. The van der Waals surface area contributed by atoms with Crippen molar-refractivity contribution in [2.45, 2.75) is 20.4 Å². The van der Waals surface area contributed by atoms with Crippen molar-refractivity contribution in [1.82, 2.24) is 9.55 Å². The average molecular weight is 239 g/mol. The van der Waals surface area contributed by atoms with E-state index in [0.717, 1.165) is 0 Å². The van der Waals surface area contributed by atoms with Gasteiger partial charge in [0.05, 0.1) is 6.61 Å². The van der Waals surface area contributed by atoms with E-state index in [1.165, 1.54) is 9.47 Å². The van der Waals surface area contributed by atoms with Crippen molar-refractivity contribution < 1.29 is 9.53 Å². The lowest BCUT2D eigenvalue weighted by Gasteiger charge is -2.16. The Labute approximate surface area is 99.8 Å². The van der Waals surface area contributed by atoms with Crippen LogP contribution in [0.1, 0.15) is 13.8 Å². The molecule has 0 aliphatic heterocycles. The lowest BCUT2D eigenvalue weighted by Crippen LogP contribution is -2.34. The maximum absolute atomic E-state index is 11.9. The number of esters is 1. The molecule has 0 N–H and O–H groups in total. The number of aryl methyl sites for hydroxylation is 1. The number of carbonyl (C=O) groups is 1. The Bertz CT molecular complexity index is 442. The van der Waals surface area contributed by atoms with E-state index in [1.54, 1.807) is 26.4 Å². The van der Waals surface area contributed by atoms with Crippen LogP contribution in [-0.4, -0.2) is 35.7 Å². The van der Waals surface area contributed by atoms with E-state index >= 15 is 0 Å². The van der Waals surface area contributed by atoms with Gasteiger partial charge < -0.3 is 14.2 Å². The van der Waals surface area contributed by atoms with E-state index in [0.29, 0.717) is 13.2 Å². The summed E-state index contributed by atoms with van der Waals surface area (Å²) in [5.41, 5.74) is -0.207. The Balaban J connectivity index is 2.86. The van der Waals surface area contributed by atoms with Crippen LogP contribution in [0.2, 0.25) is 0 Å². The van der Waals surface area contributed by atoms with E-state index in [2.05, 4.69) is 4.98 Å². The number of ether oxygens (including phenoxy) is 1. The summed E-state index contributed by atoms with van der Waals surface area (Å²) in [6, 6.07) is 0. The SMILES string of the molecule is CCOC(=O)CN(C)c1nccn(CC)c1=O. The number of anilines is 1. The van der Waals surface area contributed by atoms with Gasteiger partial charge in [-0.1, -0.05) is 0 Å². The average Bonchev–Trinajstić information content (AvgIpc) is 2.29. The molecule has 1 aromatic heterocycles. The Morgan fingerprint density at radius 3 is 2.82 bits per heavy atom. The molecule has 0 bridgehead atoms. The quantitative estimate of drug-likeness (QED) is 0.690. The molecular weight excluding hydrogens is 222 g/mol. The first-order valence-electron chi connectivity index (χ1n) is 5.52. The minimum Gasteiger partial charge on any atom is -0.465 e. The molecule has 0 unspecified atom stereocenters. The van der Waals surface area contributed by atoms with Crippen LogP contribution in [0.4, 0.5) is 5.82 Å². The molecule has 1 aromatic rings. The zero-order valence-electron chi connectivity index (χ0n) is 10.3. The molecule has 6 nitrogen and oxygen atoms in total. The van der Waals surface area contributed by atoms with Crippen LogP contribution in [0.15, 0.2) is 17.2 Å². The molecule has 0 aromatic carbocycles. The van der Waals surface area contributed by atoms with Gasteiger partial charge in [-0.2, -0.15) is 0 Å². The van der Waals surface area contributed by atoms with Crippen LogP contribution in [0, 0.1) is 0 Å². The van der Waals surface area contributed by atoms with Crippen LogP contribution in [0.5, 0.6) is 0 Å². The smallest absolute Gasteiger partial charge is 0.325 e. The van der Waals surface area contributed by atoms with E-state index in [1.807, 2.05) is 6.92 Å². The van der Waals surface area contributed by atoms with Crippen molar-refractivity contribution in [3.63, 3.8) is 0 Å². The molecule has 0 spiro atoms. The van der Waals surface area contributed by atoms with Crippen molar-refractivity contribution in [3.8, 4) is 0 Å². The van der Waals surface area contributed by atoms with Gasteiger partial charge in [0.1, 0.15) is 6.54 Å². The highest BCUT2D eigenvalue weighted by Gasteiger charge is 2.13. The summed E-state index contributed by atoms with van der Waals surface area (Å²) in [6.07, 6.45) is 3.16. The van der Waals surface area contributed by atoms with Gasteiger partial charge >= 0.3 is 5.97 Å². The van der Waals surface area contributed by atoms with Gasteiger partial charge in [-0.25, -0.2) is 4.98 Å². The van der Waals surface area contributed by atoms with Crippen molar-refractivity contribution in [2.24, 2.45) is 0 Å². The summed E-state index contributed by atoms with van der Waals surface area (Å²) in [5.74, 6) is -0.120. The van der Waals surface area contributed by atoms with Crippen molar-refractivity contribution in [3.05, 3.63) is 22.7 Å². The molecule has 17 heavy (non-hydrogen) atoms. The van der Waals surface area contributed by atoms with Gasteiger partial charge in [0, 0.05) is 26.0 Å². The van der Waals surface area contributed by atoms with Crippen molar-refractivity contribution in [2.75, 3.05) is 25.1 Å². The molecule has 1 rings (SSSR count). The molecule has 6 heteroatoms. The molecule has 0 amide bonds. The van der Waals surface area contributed by atoms with Gasteiger partial charge in [0.2, 0.25) is 0 Å². The number of aromatic nitrogens is 2. The van der Waals surface area contributed by atoms with E-state index in [9.17, 15) is 9.59 Å². The third-order valence-electron chi connectivity index (χ3n) is 2.27. The van der Waals surface area contributed by atoms with Gasteiger partial charge in [-0.05, 0) is 13.8 Å². The zero-order chi connectivity index (χ0) is 12.8. The van der Waals surface area contributed by atoms with Gasteiger partial charge in [-0.15, -0.1) is 0 Å². The van der Waals surface area contributed by atoms with Crippen molar-refractivity contribution >= 4 is 11.8 Å². The summed E-state index contributed by atoms with van der Waals surface area (Å²) < 4.78 is 6.34. The maximum Gasteiger partial charge on any atom is 0.325 e. The second-order valence-corrected chi connectivity index (χ2v) is 3.50. The van der Waals surface area contributed by atoms with E-state index in [4.69, 9.17) is 4.74 Å². The molecular formula is C11H17N3O3. The molecule has 94 valence electrons. The first-order chi connectivity index (χ1) is 8.10. The van der Waals surface area contributed by atoms with Crippen molar-refractivity contribution in [1.29, 1.82) is 0 Å². The predicted molar refractivity (Wildman–Crippen MR) is 64.1 cm³/mol. The fourth-order valence-electron chi connectivity index (χ4n) is 1.42. The Morgan fingerprint density at radius 1 is 1.53 bits per heavy atom. The second-order valence-electron chi connectivity index (χ2n) is 3.50. The molecule has 0 fully saturated rings. The topological polar surface area (TPSA) is 64.4 Å². The van der Waals surface area contributed by atoms with Crippen LogP contribution < -0.4 is 10.5 Å². The number of rotatable bonds is 5. The fourth-order valence-corrected chi connectivity index (χ4v) is 1.42. The number of carbonyl (C=O) groups excluding carboxylic acids is 1. The lowest BCUT2D eigenvalue weighted by molar-refractivity contribution is -0.141. The molecule has 0 saturated carbocycles. The first kappa shape index (κ1) is 13.2. The molecule has 1 heterocycles. The number of nitrogens with zero attached hydrogens (tertiary/aromatic N) is 3. The Hall–Kier alpha value is -1.85. The largest absolute Gasteiger partial charge is 0.465 e. The highest BCUT2D eigenvalue weighted by atomic mass is 16.5. The highest BCUT2D eigenvalue weighted by Crippen LogP contribution is 2.00. The second kappa shape index (κ2) is 6.03. The molecule has 0 atom stereocenters. The number of hydrogen-bond acceptors (Lipinski definition) is 5. The Kier molecular flexibility index (Phi) is 4.68. The maximum atomic E-state index is 11.9. The van der Waals surface area contributed by atoms with Gasteiger partial charge in [0.25, 0.3) is 5.56 Å². The third kappa shape index (κ3) is 3.30. The monoisotopic (exact) mass is 239 g/mol. The Morgan fingerprint density at radius 2 is 2.24 bits per heavy atom.